The lowest BCUT2D eigenvalue weighted by molar-refractivity contribution is -0.139. The summed E-state index contributed by atoms with van der Waals surface area (Å²) in [4.78, 5) is 45.0. The van der Waals surface area contributed by atoms with Crippen molar-refractivity contribution in [1.29, 1.82) is 0 Å². The Morgan fingerprint density at radius 2 is 1.60 bits per heavy atom. The Balaban J connectivity index is 1.63. The van der Waals surface area contributed by atoms with Crippen molar-refractivity contribution in [1.82, 2.24) is 20.0 Å². The predicted octanol–water partition coefficient (Wildman–Crippen LogP) is 3.20. The number of hydrogen-bond donors (Lipinski definition) is 1. The normalized spacial score (nSPS) is 17.9. The highest BCUT2D eigenvalue weighted by Crippen LogP contribution is 2.35. The minimum absolute atomic E-state index is 0.162. The van der Waals surface area contributed by atoms with Gasteiger partial charge in [-0.05, 0) is 55.8 Å². The Kier molecular flexibility index (Phi) is 9.26. The molecule has 11 heteroatoms. The second-order valence-electron chi connectivity index (χ2n) is 9.43. The lowest BCUT2D eigenvalue weighted by Gasteiger charge is -2.40. The van der Waals surface area contributed by atoms with E-state index < -0.39 is 17.8 Å². The molecule has 1 N–H and O–H groups in total. The van der Waals surface area contributed by atoms with E-state index >= 15 is 0 Å². The molecule has 3 amide bonds. The highest BCUT2D eigenvalue weighted by molar-refractivity contribution is 5.95. The van der Waals surface area contributed by atoms with Crippen LogP contribution in [0, 0.1) is 5.82 Å². The number of halogens is 1. The zero-order chi connectivity index (χ0) is 28.8. The van der Waals surface area contributed by atoms with Crippen molar-refractivity contribution in [2.24, 2.45) is 0 Å². The van der Waals surface area contributed by atoms with Gasteiger partial charge in [-0.15, -0.1) is 0 Å². The predicted molar refractivity (Wildman–Crippen MR) is 146 cm³/mol. The molecule has 0 saturated carbocycles. The summed E-state index contributed by atoms with van der Waals surface area (Å²) in [7, 11) is 3.07. The first-order chi connectivity index (χ1) is 19.3. The molecule has 4 rings (SSSR count). The van der Waals surface area contributed by atoms with Gasteiger partial charge in [0.15, 0.2) is 0 Å². The van der Waals surface area contributed by atoms with Crippen molar-refractivity contribution in [3.8, 4) is 11.5 Å². The van der Waals surface area contributed by atoms with E-state index in [1.807, 2.05) is 6.92 Å². The molecule has 10 nitrogen and oxygen atoms in total. The van der Waals surface area contributed by atoms with E-state index in [0.717, 1.165) is 0 Å². The van der Waals surface area contributed by atoms with Crippen LogP contribution < -0.4 is 14.8 Å². The van der Waals surface area contributed by atoms with E-state index in [-0.39, 0.29) is 18.5 Å². The van der Waals surface area contributed by atoms with Crippen LogP contribution in [0.1, 0.15) is 35.8 Å². The summed E-state index contributed by atoms with van der Waals surface area (Å²) >= 11 is 0. The van der Waals surface area contributed by atoms with Crippen LogP contribution in [0.3, 0.4) is 0 Å². The van der Waals surface area contributed by atoms with E-state index in [9.17, 15) is 18.8 Å². The summed E-state index contributed by atoms with van der Waals surface area (Å²) in [6.45, 7) is 6.38. The number of carbonyl (C=O) groups excluding carboxylic acids is 3. The molecular formula is C29H35FN4O6. The molecule has 40 heavy (non-hydrogen) atoms. The number of rotatable bonds is 9. The van der Waals surface area contributed by atoms with Crippen LogP contribution in [0.5, 0.6) is 11.5 Å². The molecule has 2 aliphatic rings. The van der Waals surface area contributed by atoms with Gasteiger partial charge in [0.25, 0.3) is 5.91 Å². The number of methoxy groups -OCH3 is 2. The third kappa shape index (κ3) is 6.20. The first-order valence-electron chi connectivity index (χ1n) is 13.3. The van der Waals surface area contributed by atoms with E-state index in [1.54, 1.807) is 34.9 Å². The minimum atomic E-state index is -0.783. The molecule has 0 radical (unpaired) electrons. The van der Waals surface area contributed by atoms with E-state index in [2.05, 4.69) is 10.2 Å². The van der Waals surface area contributed by atoms with Crippen molar-refractivity contribution < 1.29 is 33.0 Å². The van der Waals surface area contributed by atoms with Crippen LogP contribution in [-0.4, -0.2) is 92.7 Å². The number of hydrogen-bond acceptors (Lipinski definition) is 7. The molecule has 214 valence electrons. The fourth-order valence-corrected chi connectivity index (χ4v) is 5.00. The van der Waals surface area contributed by atoms with E-state index in [4.69, 9.17) is 14.2 Å². The minimum Gasteiger partial charge on any atom is -0.497 e. The Labute approximate surface area is 233 Å². The summed E-state index contributed by atoms with van der Waals surface area (Å²) in [5, 5.41) is 2.96. The average Bonchev–Trinajstić information content (AvgIpc) is 2.97. The van der Waals surface area contributed by atoms with Crippen molar-refractivity contribution in [2.45, 2.75) is 19.9 Å². The number of ether oxygens (including phenoxy) is 3. The zero-order valence-electron chi connectivity index (χ0n) is 23.2. The number of nitrogens with zero attached hydrogens (tertiary/aromatic N) is 3. The SMILES string of the molecule is CCOC(=O)C1=C(CN2CCN(C(=O)c3ccc(F)cc3)CC2)N(CC)C(=O)NC1c1cc(OC)cc(OC)c1. The summed E-state index contributed by atoms with van der Waals surface area (Å²) < 4.78 is 29.6. The van der Waals surface area contributed by atoms with Crippen LogP contribution in [0.15, 0.2) is 53.7 Å². The number of likely N-dealkylation sites (N-methyl/N-ethyl adjacent to an activating group) is 1. The van der Waals surface area contributed by atoms with Crippen LogP contribution in [-0.2, 0) is 9.53 Å². The number of nitrogens with one attached hydrogen (secondary N) is 1. The van der Waals surface area contributed by atoms with E-state index in [0.29, 0.717) is 73.2 Å². The molecule has 0 spiro atoms. The van der Waals surface area contributed by atoms with Crippen LogP contribution in [0.4, 0.5) is 9.18 Å². The summed E-state index contributed by atoms with van der Waals surface area (Å²) in [6, 6.07) is 9.62. The molecule has 2 aromatic rings. The smallest absolute Gasteiger partial charge is 0.338 e. The summed E-state index contributed by atoms with van der Waals surface area (Å²) in [5.41, 5.74) is 1.94. The van der Waals surface area contributed by atoms with Crippen molar-refractivity contribution >= 4 is 17.9 Å². The molecule has 2 aromatic carbocycles. The first kappa shape index (κ1) is 28.9. The highest BCUT2D eigenvalue weighted by Gasteiger charge is 2.39. The largest absolute Gasteiger partial charge is 0.497 e. The number of urea groups is 1. The van der Waals surface area contributed by atoms with Crippen LogP contribution in [0.25, 0.3) is 0 Å². The molecule has 0 aromatic heterocycles. The van der Waals surface area contributed by atoms with Gasteiger partial charge in [-0.3, -0.25) is 14.6 Å². The zero-order valence-corrected chi connectivity index (χ0v) is 23.2. The third-order valence-corrected chi connectivity index (χ3v) is 7.08. The Bertz CT molecular complexity index is 1250. The maximum Gasteiger partial charge on any atom is 0.338 e. The van der Waals surface area contributed by atoms with Gasteiger partial charge in [0.1, 0.15) is 17.3 Å². The monoisotopic (exact) mass is 554 g/mol. The van der Waals surface area contributed by atoms with Crippen molar-refractivity contribution in [2.75, 3.05) is 60.1 Å². The van der Waals surface area contributed by atoms with Gasteiger partial charge in [0.2, 0.25) is 0 Å². The molecule has 0 aliphatic carbocycles. The Morgan fingerprint density at radius 1 is 0.975 bits per heavy atom. The maximum atomic E-state index is 13.4. The van der Waals surface area contributed by atoms with Gasteiger partial charge in [-0.2, -0.15) is 0 Å². The van der Waals surface area contributed by atoms with Crippen molar-refractivity contribution in [3.63, 3.8) is 0 Å². The standard InChI is InChI=1S/C29H35FN4O6/c1-5-34-24(18-32-11-13-33(14-12-32)27(35)19-7-9-21(30)10-8-19)25(28(36)40-6-2)26(31-29(34)37)20-15-22(38-3)17-23(16-20)39-4/h7-10,15-17,26H,5-6,11-14,18H2,1-4H3,(H,31,37). The first-order valence-corrected chi connectivity index (χ1v) is 13.3. The molecule has 1 atom stereocenters. The summed E-state index contributed by atoms with van der Waals surface area (Å²) in [5.74, 6) is -0.0330. The van der Waals surface area contributed by atoms with Gasteiger partial charge in [0, 0.05) is 56.6 Å². The molecule has 0 bridgehead atoms. The average molecular weight is 555 g/mol. The van der Waals surface area contributed by atoms with Crippen LogP contribution in [0.2, 0.25) is 0 Å². The lowest BCUT2D eigenvalue weighted by atomic mass is 9.93. The fraction of sp³-hybridized carbons (Fsp3) is 0.414. The molecule has 1 unspecified atom stereocenters. The highest BCUT2D eigenvalue weighted by atomic mass is 19.1. The number of benzene rings is 2. The molecule has 2 aliphatic heterocycles. The lowest BCUT2D eigenvalue weighted by Crippen LogP contribution is -2.53. The Morgan fingerprint density at radius 3 is 2.15 bits per heavy atom. The van der Waals surface area contributed by atoms with Crippen LogP contribution >= 0.6 is 0 Å². The molecule has 1 fully saturated rings. The maximum absolute atomic E-state index is 13.4. The van der Waals surface area contributed by atoms with Gasteiger partial charge in [-0.1, -0.05) is 0 Å². The molecule has 2 heterocycles. The summed E-state index contributed by atoms with van der Waals surface area (Å²) in [6.07, 6.45) is 0. The van der Waals surface area contributed by atoms with Gasteiger partial charge in [-0.25, -0.2) is 14.0 Å². The number of carbonyl (C=O) groups is 3. The fourth-order valence-electron chi connectivity index (χ4n) is 5.00. The quantitative estimate of drug-likeness (QED) is 0.475. The topological polar surface area (TPSA) is 101 Å². The Hall–Kier alpha value is -4.12. The number of piperazine rings is 1. The van der Waals surface area contributed by atoms with E-state index in [1.165, 1.54) is 38.5 Å². The molecule has 1 saturated heterocycles. The second kappa shape index (κ2) is 12.8. The van der Waals surface area contributed by atoms with Gasteiger partial charge in [0.05, 0.1) is 32.4 Å². The number of esters is 1. The van der Waals surface area contributed by atoms with Gasteiger partial charge < -0.3 is 24.4 Å². The van der Waals surface area contributed by atoms with Crippen molar-refractivity contribution in [3.05, 3.63) is 70.7 Å². The van der Waals surface area contributed by atoms with Gasteiger partial charge >= 0.3 is 12.0 Å². The number of amides is 3. The second-order valence-corrected chi connectivity index (χ2v) is 9.43. The molecular weight excluding hydrogens is 519 g/mol. The third-order valence-electron chi connectivity index (χ3n) is 7.08.